The summed E-state index contributed by atoms with van der Waals surface area (Å²) < 4.78 is 0. The quantitative estimate of drug-likeness (QED) is 0.0452. The number of carbonyl (C=O) groups is 5. The number of aromatic hydroxyl groups is 1. The summed E-state index contributed by atoms with van der Waals surface area (Å²) in [7, 11) is 0. The number of thiophene rings is 5. The molecule has 8 aromatic heterocycles. The van der Waals surface area contributed by atoms with E-state index in [2.05, 4.69) is 217 Å². The standard InChI is InChI=1S/C21H14ClNOS.C20H14N2OS.C20H19NO2S.2C19H18N2OS/c22-17-7-9-18(10-8-17)23-21(24)20-12-11-19(25-20)16-6-5-14-3-1-2-4-15(14)13-16;23-20(22-17-9-11-21-12-10-17)19-8-7-18(24-19)16-6-5-14-3-1-2-4-15(14)13-16;1-13(2)14-4-3-5-15(12-14)18-10-11-19(24-18)20(23)21-16-6-8-17(22)9-7-16;1-13(2)14-5-3-6-15(11-14)17-8-9-18(23-17)19(22)21-16-7-4-10-20-12-16;1-13(2)14-4-3-5-15(12-14)17-6-7-18(23-17)19(22)21-16-8-10-20-11-9-16/h1-13H,(H,23,24);1-13H,(H,21,22,23);3-13,22H,1-2H3,(H,21,23);3-13H,1-2H3,(H,21,22);3-13H,1-2H3,(H,20,21,22). The molecule has 0 aliphatic carbocycles. The fraction of sp³-hybridized carbons (Fsp3) is 0.0909. The van der Waals surface area contributed by atoms with Crippen molar-refractivity contribution in [2.24, 2.45) is 0 Å². The number of hydrogen-bond acceptors (Lipinski definition) is 14. The SMILES string of the molecule is CC(C)c1cccc(-c2ccc(C(=O)Nc3ccc(O)cc3)s2)c1.CC(C)c1cccc(-c2ccc(C(=O)Nc3cccnc3)s2)c1.CC(C)c1cccc(-c2ccc(C(=O)Nc3ccncc3)s2)c1.O=C(Nc1ccc(Cl)cc1)c1ccc(-c2ccc3ccccc3c2)s1.O=C(Nc1ccncc1)c1ccc(-c2ccc3ccccc3c2)s1. The summed E-state index contributed by atoms with van der Waals surface area (Å²) in [5, 5.41) is 29.1. The minimum atomic E-state index is -0.142. The van der Waals surface area contributed by atoms with Gasteiger partial charge in [-0.15, -0.1) is 56.7 Å². The van der Waals surface area contributed by atoms with Crippen LogP contribution >= 0.6 is 68.3 Å². The third-order valence-electron chi connectivity index (χ3n) is 18.8. The predicted octanol–water partition coefficient (Wildman–Crippen LogP) is 27.6. The highest BCUT2D eigenvalue weighted by molar-refractivity contribution is 7.19. The Balaban J connectivity index is 0.000000129. The monoisotopic (exact) mass is 1670 g/mol. The van der Waals surface area contributed by atoms with E-state index in [4.69, 9.17) is 11.6 Å². The van der Waals surface area contributed by atoms with Gasteiger partial charge >= 0.3 is 0 Å². The Morgan fingerprint density at radius 3 is 0.899 bits per heavy atom. The van der Waals surface area contributed by atoms with E-state index in [1.807, 2.05) is 91.0 Å². The lowest BCUT2D eigenvalue weighted by molar-refractivity contribution is 0.102. The van der Waals surface area contributed by atoms with Crippen LogP contribution in [0.1, 0.15) is 124 Å². The molecule has 0 bridgehead atoms. The van der Waals surface area contributed by atoms with Crippen molar-refractivity contribution in [3.8, 4) is 58.0 Å². The number of halogens is 1. The lowest BCUT2D eigenvalue weighted by Crippen LogP contribution is -2.09. The normalized spacial score (nSPS) is 10.7. The Labute approximate surface area is 716 Å². The third kappa shape index (κ3) is 23.4. The number of nitrogens with one attached hydrogen (secondary N) is 5. The fourth-order valence-electron chi connectivity index (χ4n) is 12.3. The summed E-state index contributed by atoms with van der Waals surface area (Å²) in [6, 6.07) is 98.2. The smallest absolute Gasteiger partial charge is 0.265 e. The van der Waals surface area contributed by atoms with Gasteiger partial charge in [0, 0.05) is 83.1 Å². The van der Waals surface area contributed by atoms with E-state index in [9.17, 15) is 29.1 Å². The number of rotatable bonds is 18. The third-order valence-corrected chi connectivity index (χ3v) is 24.7. The highest BCUT2D eigenvalue weighted by Crippen LogP contribution is 2.37. The molecule has 20 heteroatoms. The van der Waals surface area contributed by atoms with Crippen molar-refractivity contribution < 1.29 is 29.1 Å². The molecule has 9 aromatic carbocycles. The number of nitrogens with zero attached hydrogens (tertiary/aromatic N) is 3. The Bertz CT molecular complexity index is 6160. The Morgan fingerprint density at radius 1 is 0.277 bits per heavy atom. The van der Waals surface area contributed by atoms with Gasteiger partial charge in [-0.2, -0.15) is 0 Å². The van der Waals surface area contributed by atoms with Crippen molar-refractivity contribution in [1.82, 2.24) is 15.0 Å². The molecule has 14 nitrogen and oxygen atoms in total. The van der Waals surface area contributed by atoms with E-state index in [1.54, 1.807) is 116 Å². The summed E-state index contributed by atoms with van der Waals surface area (Å²) in [6.45, 7) is 13.1. The molecule has 0 aliphatic rings. The molecule has 17 aromatic rings. The van der Waals surface area contributed by atoms with Gasteiger partial charge in [0.05, 0.1) is 36.3 Å². The van der Waals surface area contributed by atoms with E-state index in [1.165, 1.54) is 94.9 Å². The second-order valence-corrected chi connectivity index (χ2v) is 34.2. The molecule has 0 saturated heterocycles. The number of phenolic OH excluding ortho intramolecular Hbond substituents is 1. The van der Waals surface area contributed by atoms with Crippen LogP contribution in [0.25, 0.3) is 73.7 Å². The zero-order valence-electron chi connectivity index (χ0n) is 65.8. The zero-order chi connectivity index (χ0) is 83.2. The number of hydrogen-bond donors (Lipinski definition) is 6. The molecule has 0 fully saturated rings. The first-order valence-corrected chi connectivity index (χ1v) is 42.8. The van der Waals surface area contributed by atoms with Crippen LogP contribution in [-0.2, 0) is 0 Å². The number of fused-ring (bicyclic) bond motifs is 2. The van der Waals surface area contributed by atoms with Crippen molar-refractivity contribution in [2.75, 3.05) is 26.6 Å². The average molecular weight is 1680 g/mol. The topological polar surface area (TPSA) is 204 Å². The molecule has 0 saturated carbocycles. The molecule has 5 amide bonds. The molecule has 0 spiro atoms. The number of amides is 5. The van der Waals surface area contributed by atoms with Crippen molar-refractivity contribution >= 4 is 148 Å². The van der Waals surface area contributed by atoms with Crippen LogP contribution in [0, 0.1) is 0 Å². The van der Waals surface area contributed by atoms with Crippen LogP contribution in [0.3, 0.4) is 0 Å². The number of aromatic nitrogens is 3. The van der Waals surface area contributed by atoms with Gasteiger partial charge in [-0.25, -0.2) is 0 Å². The molecule has 6 N–H and O–H groups in total. The van der Waals surface area contributed by atoms with Crippen molar-refractivity contribution in [1.29, 1.82) is 0 Å². The van der Waals surface area contributed by atoms with Gasteiger partial charge in [-0.3, -0.25) is 38.9 Å². The van der Waals surface area contributed by atoms with Crippen molar-refractivity contribution in [2.45, 2.75) is 59.3 Å². The highest BCUT2D eigenvalue weighted by Gasteiger charge is 2.18. The van der Waals surface area contributed by atoms with Gasteiger partial charge in [0.2, 0.25) is 0 Å². The minimum absolute atomic E-state index is 0.0903. The highest BCUT2D eigenvalue weighted by atomic mass is 35.5. The van der Waals surface area contributed by atoms with Crippen LogP contribution in [0.15, 0.2) is 340 Å². The maximum atomic E-state index is 12.4. The van der Waals surface area contributed by atoms with Gasteiger partial charge < -0.3 is 31.7 Å². The van der Waals surface area contributed by atoms with Gasteiger partial charge in [0.1, 0.15) is 5.75 Å². The second-order valence-electron chi connectivity index (χ2n) is 28.3. The molecule has 0 aliphatic heterocycles. The first-order valence-electron chi connectivity index (χ1n) is 38.4. The van der Waals surface area contributed by atoms with E-state index < -0.39 is 0 Å². The van der Waals surface area contributed by atoms with Crippen molar-refractivity contribution in [3.63, 3.8) is 0 Å². The van der Waals surface area contributed by atoms with Crippen molar-refractivity contribution in [3.05, 3.63) is 387 Å². The van der Waals surface area contributed by atoms with Crippen LogP contribution in [0.4, 0.5) is 28.4 Å². The number of phenols is 1. The summed E-state index contributed by atoms with van der Waals surface area (Å²) in [4.78, 5) is 82.5. The zero-order valence-corrected chi connectivity index (χ0v) is 70.7. The largest absolute Gasteiger partial charge is 0.508 e. The summed E-state index contributed by atoms with van der Waals surface area (Å²) in [5.41, 5.74) is 13.2. The first kappa shape index (κ1) is 83.8. The molecular weight excluding hydrogens is 1590 g/mol. The summed E-state index contributed by atoms with van der Waals surface area (Å²) >= 11 is 13.3. The fourth-order valence-corrected chi connectivity index (χ4v) is 16.9. The Morgan fingerprint density at radius 2 is 0.580 bits per heavy atom. The maximum Gasteiger partial charge on any atom is 0.265 e. The number of anilines is 5. The summed E-state index contributed by atoms with van der Waals surface area (Å²) in [5.74, 6) is 1.09. The van der Waals surface area contributed by atoms with Gasteiger partial charge in [-0.05, 0) is 242 Å². The number of benzene rings is 9. The lowest BCUT2D eigenvalue weighted by Gasteiger charge is -2.06. The summed E-state index contributed by atoms with van der Waals surface area (Å²) in [6.07, 6.45) is 9.95. The van der Waals surface area contributed by atoms with Gasteiger partial charge in [0.25, 0.3) is 29.5 Å². The molecule has 8 heterocycles. The average Bonchev–Trinajstić information content (AvgIpc) is 1.74. The lowest BCUT2D eigenvalue weighted by atomic mass is 10.0. The Hall–Kier alpha value is -13.1. The molecule has 17 rings (SSSR count). The molecule has 0 unspecified atom stereocenters. The minimum Gasteiger partial charge on any atom is -0.508 e. The van der Waals surface area contributed by atoms with Gasteiger partial charge in [-0.1, -0.05) is 199 Å². The molecule has 592 valence electrons. The molecule has 0 atom stereocenters. The van der Waals surface area contributed by atoms with Crippen LogP contribution < -0.4 is 26.6 Å². The predicted molar refractivity (Wildman–Crippen MR) is 498 cm³/mol. The van der Waals surface area contributed by atoms with E-state index in [-0.39, 0.29) is 35.3 Å². The van der Waals surface area contributed by atoms with Crippen LogP contribution in [-0.4, -0.2) is 49.6 Å². The molecular formula is C99H83ClN8O6S5. The van der Waals surface area contributed by atoms with Crippen LogP contribution in [0.2, 0.25) is 5.02 Å². The maximum absolute atomic E-state index is 12.4. The number of pyridine rings is 3. The van der Waals surface area contributed by atoms with E-state index in [0.29, 0.717) is 58.5 Å². The van der Waals surface area contributed by atoms with E-state index in [0.717, 1.165) is 69.3 Å². The molecule has 0 radical (unpaired) electrons. The van der Waals surface area contributed by atoms with Gasteiger partial charge in [0.15, 0.2) is 0 Å². The van der Waals surface area contributed by atoms with E-state index >= 15 is 0 Å². The number of carbonyl (C=O) groups excluding carboxylic acids is 5. The Kier molecular flexibility index (Phi) is 28.6. The second kappa shape index (κ2) is 40.6. The molecule has 119 heavy (non-hydrogen) atoms. The van der Waals surface area contributed by atoms with Crippen LogP contribution in [0.5, 0.6) is 5.75 Å². The first-order chi connectivity index (χ1) is 57.8.